The van der Waals surface area contributed by atoms with Gasteiger partial charge in [-0.2, -0.15) is 0 Å². The Morgan fingerprint density at radius 3 is 3.06 bits per heavy atom. The number of thioether (sulfide) groups is 1. The fourth-order valence-corrected chi connectivity index (χ4v) is 7.10. The van der Waals surface area contributed by atoms with Crippen molar-refractivity contribution in [2.24, 2.45) is 0 Å². The molecule has 2 aliphatic rings. The molecule has 0 bridgehead atoms. The van der Waals surface area contributed by atoms with Crippen molar-refractivity contribution in [1.29, 1.82) is 0 Å². The second-order valence-corrected chi connectivity index (χ2v) is 10.9. The van der Waals surface area contributed by atoms with Crippen molar-refractivity contribution in [3.05, 3.63) is 56.4 Å². The molecule has 3 heterocycles. The van der Waals surface area contributed by atoms with Gasteiger partial charge in [0.2, 0.25) is 5.91 Å². The number of hydrogen-bond acceptors (Lipinski definition) is 6. The molecule has 0 saturated carbocycles. The van der Waals surface area contributed by atoms with Crippen molar-refractivity contribution < 1.29 is 9.53 Å². The highest BCUT2D eigenvalue weighted by Crippen LogP contribution is 2.33. The molecule has 2 aromatic heterocycles. The van der Waals surface area contributed by atoms with Crippen molar-refractivity contribution in [3.8, 4) is 5.75 Å². The van der Waals surface area contributed by atoms with Crippen LogP contribution in [0, 0.1) is 0 Å². The Morgan fingerprint density at radius 2 is 2.18 bits per heavy atom. The molecule has 1 unspecified atom stereocenters. The summed E-state index contributed by atoms with van der Waals surface area (Å²) in [4.78, 5) is 37.6. The molecule has 174 valence electrons. The summed E-state index contributed by atoms with van der Waals surface area (Å²) in [5, 5.41) is 0.789. The number of methoxy groups -OCH3 is 1. The molecule has 1 aliphatic heterocycles. The first-order valence-electron chi connectivity index (χ1n) is 11.7. The molecule has 8 heteroatoms. The Balaban J connectivity index is 1.20. The molecule has 1 saturated heterocycles. The number of aromatic nitrogens is 2. The van der Waals surface area contributed by atoms with E-state index in [4.69, 9.17) is 9.72 Å². The van der Waals surface area contributed by atoms with E-state index in [1.54, 1.807) is 18.4 Å². The number of nitrogens with one attached hydrogen (secondary N) is 1. The largest absolute Gasteiger partial charge is 0.497 e. The molecule has 1 N–H and O–H groups in total. The highest BCUT2D eigenvalue weighted by Gasteiger charge is 2.28. The van der Waals surface area contributed by atoms with Crippen LogP contribution in [-0.2, 0) is 29.8 Å². The minimum absolute atomic E-state index is 0.0285. The lowest BCUT2D eigenvalue weighted by Gasteiger charge is -2.25. The number of benzene rings is 1. The number of fused-ring (bicyclic) bond motifs is 3. The van der Waals surface area contributed by atoms with Crippen LogP contribution in [-0.4, -0.2) is 46.2 Å². The smallest absolute Gasteiger partial charge is 0.259 e. The topological polar surface area (TPSA) is 75.3 Å². The van der Waals surface area contributed by atoms with Gasteiger partial charge in [0.05, 0.1) is 24.0 Å². The second-order valence-electron chi connectivity index (χ2n) is 8.84. The van der Waals surface area contributed by atoms with Gasteiger partial charge in [-0.25, -0.2) is 4.98 Å². The molecule has 1 aliphatic carbocycles. The van der Waals surface area contributed by atoms with Gasteiger partial charge in [-0.15, -0.1) is 23.1 Å². The minimum atomic E-state index is -0.0285. The maximum Gasteiger partial charge on any atom is 0.259 e. The summed E-state index contributed by atoms with van der Waals surface area (Å²) < 4.78 is 5.33. The van der Waals surface area contributed by atoms with Crippen molar-refractivity contribution in [2.75, 3.05) is 19.4 Å². The second kappa shape index (κ2) is 9.89. The summed E-state index contributed by atoms with van der Waals surface area (Å²) in [5.41, 5.74) is 2.38. The van der Waals surface area contributed by atoms with E-state index < -0.39 is 0 Å². The van der Waals surface area contributed by atoms with E-state index in [-0.39, 0.29) is 17.5 Å². The lowest BCUT2D eigenvalue weighted by atomic mass is 9.97. The molecule has 33 heavy (non-hydrogen) atoms. The number of hydrogen-bond donors (Lipinski definition) is 1. The van der Waals surface area contributed by atoms with E-state index in [1.165, 1.54) is 34.2 Å². The Bertz CT molecular complexity index is 1220. The molecule has 1 amide bonds. The van der Waals surface area contributed by atoms with Crippen LogP contribution in [0.4, 0.5) is 0 Å². The molecule has 1 atom stereocenters. The predicted molar refractivity (Wildman–Crippen MR) is 134 cm³/mol. The Kier molecular flexibility index (Phi) is 6.74. The number of rotatable bonds is 7. The summed E-state index contributed by atoms with van der Waals surface area (Å²) in [5.74, 6) is 2.62. The van der Waals surface area contributed by atoms with Gasteiger partial charge in [-0.1, -0.05) is 12.1 Å². The summed E-state index contributed by atoms with van der Waals surface area (Å²) in [7, 11) is 1.67. The van der Waals surface area contributed by atoms with Crippen LogP contribution in [0.15, 0.2) is 29.1 Å². The van der Waals surface area contributed by atoms with Gasteiger partial charge in [0.25, 0.3) is 5.56 Å². The number of aryl methyl sites for hydroxylation is 2. The van der Waals surface area contributed by atoms with Gasteiger partial charge in [0.15, 0.2) is 0 Å². The van der Waals surface area contributed by atoms with Crippen LogP contribution in [0.25, 0.3) is 10.2 Å². The zero-order valence-electron chi connectivity index (χ0n) is 18.9. The molecular formula is C25H29N3O3S2. The molecule has 1 aromatic carbocycles. The third-order valence-electron chi connectivity index (χ3n) is 6.64. The van der Waals surface area contributed by atoms with Gasteiger partial charge in [-0.05, 0) is 68.2 Å². The standard InChI is InChI=1S/C25H29N3O3S2/c1-31-18-8-4-6-16(13-18)12-17-7-5-11-28(17)22(29)15-32-14-21-26-24(30)23-19-9-2-3-10-20(19)33-25(23)27-21/h4,6,8,13,17H,2-3,5,7,9-12,14-15H2,1H3,(H,26,27,30). The van der Waals surface area contributed by atoms with Gasteiger partial charge in [0.1, 0.15) is 16.4 Å². The lowest BCUT2D eigenvalue weighted by molar-refractivity contribution is -0.129. The Hall–Kier alpha value is -2.32. The van der Waals surface area contributed by atoms with Gasteiger partial charge < -0.3 is 14.6 Å². The fourth-order valence-electron chi connectivity index (χ4n) is 5.04. The van der Waals surface area contributed by atoms with E-state index in [1.807, 2.05) is 17.0 Å². The van der Waals surface area contributed by atoms with E-state index in [2.05, 4.69) is 17.1 Å². The van der Waals surface area contributed by atoms with Gasteiger partial charge in [-0.3, -0.25) is 9.59 Å². The maximum absolute atomic E-state index is 13.0. The van der Waals surface area contributed by atoms with Crippen molar-refractivity contribution >= 4 is 39.2 Å². The molecular weight excluding hydrogens is 454 g/mol. The Labute approximate surface area is 201 Å². The number of likely N-dealkylation sites (tertiary alicyclic amines) is 1. The monoisotopic (exact) mass is 483 g/mol. The number of H-pyrrole nitrogens is 1. The third kappa shape index (κ3) is 4.82. The number of aromatic amines is 1. The highest BCUT2D eigenvalue weighted by atomic mass is 32.2. The van der Waals surface area contributed by atoms with Crippen LogP contribution >= 0.6 is 23.1 Å². The number of amides is 1. The minimum Gasteiger partial charge on any atom is -0.497 e. The first kappa shape index (κ1) is 22.5. The van der Waals surface area contributed by atoms with E-state index in [9.17, 15) is 9.59 Å². The molecule has 0 spiro atoms. The van der Waals surface area contributed by atoms with Crippen LogP contribution < -0.4 is 10.3 Å². The van der Waals surface area contributed by atoms with Crippen LogP contribution in [0.2, 0.25) is 0 Å². The summed E-state index contributed by atoms with van der Waals surface area (Å²) in [6.45, 7) is 0.815. The highest BCUT2D eigenvalue weighted by molar-refractivity contribution is 7.99. The first-order valence-corrected chi connectivity index (χ1v) is 13.6. The van der Waals surface area contributed by atoms with Crippen molar-refractivity contribution in [1.82, 2.24) is 14.9 Å². The summed E-state index contributed by atoms with van der Waals surface area (Å²) >= 11 is 3.20. The number of carbonyl (C=O) groups is 1. The number of carbonyl (C=O) groups excluding carboxylic acids is 1. The fraction of sp³-hybridized carbons (Fsp3) is 0.480. The molecule has 3 aromatic rings. The van der Waals surface area contributed by atoms with Crippen LogP contribution in [0.3, 0.4) is 0 Å². The lowest BCUT2D eigenvalue weighted by Crippen LogP contribution is -2.38. The maximum atomic E-state index is 13.0. The van der Waals surface area contributed by atoms with E-state index in [0.29, 0.717) is 17.3 Å². The third-order valence-corrected chi connectivity index (χ3v) is 8.76. The van der Waals surface area contributed by atoms with E-state index >= 15 is 0 Å². The zero-order chi connectivity index (χ0) is 22.8. The van der Waals surface area contributed by atoms with E-state index in [0.717, 1.165) is 61.0 Å². The quantitative estimate of drug-likeness (QED) is 0.541. The normalized spacial score (nSPS) is 18.0. The van der Waals surface area contributed by atoms with Crippen molar-refractivity contribution in [3.63, 3.8) is 0 Å². The summed E-state index contributed by atoms with van der Waals surface area (Å²) in [6, 6.07) is 8.32. The summed E-state index contributed by atoms with van der Waals surface area (Å²) in [6.07, 6.45) is 7.30. The number of ether oxygens (including phenoxy) is 1. The molecule has 5 rings (SSSR count). The Morgan fingerprint density at radius 1 is 1.30 bits per heavy atom. The molecule has 6 nitrogen and oxygen atoms in total. The average molecular weight is 484 g/mol. The number of nitrogens with zero attached hydrogens (tertiary/aromatic N) is 2. The SMILES string of the molecule is COc1cccc(CC2CCCN2C(=O)CSCc2nc3sc4c(c3c(=O)[nH]2)CCCC4)c1. The number of thiophene rings is 1. The van der Waals surface area contributed by atoms with Crippen LogP contribution in [0.1, 0.15) is 47.5 Å². The van der Waals surface area contributed by atoms with Gasteiger partial charge in [0, 0.05) is 17.5 Å². The first-order chi connectivity index (χ1) is 16.1. The molecule has 0 radical (unpaired) electrons. The predicted octanol–water partition coefficient (Wildman–Crippen LogP) is 4.34. The molecule has 1 fully saturated rings. The van der Waals surface area contributed by atoms with Gasteiger partial charge >= 0.3 is 0 Å². The zero-order valence-corrected chi connectivity index (χ0v) is 20.5. The van der Waals surface area contributed by atoms with Crippen molar-refractivity contribution in [2.45, 2.75) is 56.7 Å². The van der Waals surface area contributed by atoms with Crippen LogP contribution in [0.5, 0.6) is 5.75 Å². The average Bonchev–Trinajstić information content (AvgIpc) is 3.43.